The van der Waals surface area contributed by atoms with Gasteiger partial charge in [-0.15, -0.1) is 0 Å². The maximum Gasteiger partial charge on any atom is 0.309 e. The second-order valence-electron chi connectivity index (χ2n) is 14.2. The molecule has 8 atom stereocenters. The third-order valence-electron chi connectivity index (χ3n) is 10.3. The highest BCUT2D eigenvalue weighted by Crippen LogP contribution is 2.64. The Kier molecular flexibility index (Phi) is 8.88. The topological polar surface area (TPSA) is 52.6 Å². The fourth-order valence-corrected chi connectivity index (χ4v) is 8.48. The molecule has 0 spiro atoms. The number of esters is 1. The van der Waals surface area contributed by atoms with Crippen molar-refractivity contribution in [3.05, 3.63) is 0 Å². The summed E-state index contributed by atoms with van der Waals surface area (Å²) in [4.78, 5) is 27.0. The molecule has 0 radical (unpaired) electrons. The fourth-order valence-electron chi connectivity index (χ4n) is 8.48. The number of ketones is 1. The summed E-state index contributed by atoms with van der Waals surface area (Å²) in [6.45, 7) is 17.8. The van der Waals surface area contributed by atoms with Gasteiger partial charge in [-0.2, -0.15) is 0 Å². The van der Waals surface area contributed by atoms with Crippen LogP contribution in [0.2, 0.25) is 0 Å². The summed E-state index contributed by atoms with van der Waals surface area (Å²) in [6.07, 6.45) is 10.4. The number of hydrogen-bond acceptors (Lipinski definition) is 4. The van der Waals surface area contributed by atoms with E-state index in [1.54, 1.807) is 0 Å². The van der Waals surface area contributed by atoms with E-state index in [0.29, 0.717) is 24.2 Å². The van der Waals surface area contributed by atoms with E-state index in [0.717, 1.165) is 38.0 Å². The van der Waals surface area contributed by atoms with Crippen LogP contribution in [0, 0.1) is 46.3 Å². The van der Waals surface area contributed by atoms with Gasteiger partial charge in [0.25, 0.3) is 0 Å². The van der Waals surface area contributed by atoms with Crippen LogP contribution < -0.4 is 0 Å². The SMILES string of the molecule is COC(=O)[C@@H]1[C@@H]2CC[C@H]([C@H](C)CCCC(C)C)[C@@]2(C)CC[C@@H]1[C@@]1(C)CC[C@H](OC(C)(C)C)CC1=O. The molecule has 3 fully saturated rings. The van der Waals surface area contributed by atoms with E-state index >= 15 is 0 Å². The quantitative estimate of drug-likeness (QED) is 0.328. The van der Waals surface area contributed by atoms with Crippen molar-refractivity contribution in [2.24, 2.45) is 46.3 Å². The predicted molar refractivity (Wildman–Crippen MR) is 142 cm³/mol. The Morgan fingerprint density at radius 1 is 1.00 bits per heavy atom. The molecule has 0 bridgehead atoms. The van der Waals surface area contributed by atoms with E-state index < -0.39 is 5.41 Å². The van der Waals surface area contributed by atoms with E-state index in [4.69, 9.17) is 9.47 Å². The Morgan fingerprint density at radius 2 is 1.69 bits per heavy atom. The first-order valence-electron chi connectivity index (χ1n) is 14.5. The zero-order valence-corrected chi connectivity index (χ0v) is 24.2. The van der Waals surface area contributed by atoms with Crippen LogP contribution >= 0.6 is 0 Å². The van der Waals surface area contributed by atoms with Gasteiger partial charge < -0.3 is 9.47 Å². The first-order chi connectivity index (χ1) is 16.2. The molecule has 202 valence electrons. The molecule has 4 nitrogen and oxygen atoms in total. The average molecular weight is 491 g/mol. The lowest BCUT2D eigenvalue weighted by Gasteiger charge is -2.54. The molecule has 0 heterocycles. The van der Waals surface area contributed by atoms with Gasteiger partial charge in [0.2, 0.25) is 0 Å². The molecule has 3 saturated carbocycles. The summed E-state index contributed by atoms with van der Waals surface area (Å²) in [5, 5.41) is 0. The van der Waals surface area contributed by atoms with Crippen LogP contribution in [0.15, 0.2) is 0 Å². The standard InChI is InChI=1S/C31H54O4/c1-20(2)11-10-12-21(3)23-13-14-24-27(28(33)34-9)25(16-18-30(23,24)7)31(8)17-15-22(19-26(31)32)35-29(4,5)6/h20-25,27H,10-19H2,1-9H3/t21-,22+,23-,24+,25+,27-,30-,31-/m1/s1. The molecule has 0 amide bonds. The number of hydrogen-bond donors (Lipinski definition) is 0. The molecular formula is C31H54O4. The predicted octanol–water partition coefficient (Wildman–Crippen LogP) is 7.62. The lowest BCUT2D eigenvalue weighted by Crippen LogP contribution is -2.54. The Labute approximate surface area is 215 Å². The highest BCUT2D eigenvalue weighted by molar-refractivity contribution is 5.87. The van der Waals surface area contributed by atoms with Crippen molar-refractivity contribution < 1.29 is 19.1 Å². The molecule has 0 aromatic carbocycles. The molecule has 4 heteroatoms. The lowest BCUT2D eigenvalue weighted by molar-refractivity contribution is -0.168. The molecule has 0 aromatic heterocycles. The van der Waals surface area contributed by atoms with Crippen molar-refractivity contribution in [3.63, 3.8) is 0 Å². The summed E-state index contributed by atoms with van der Waals surface area (Å²) in [7, 11) is 1.53. The Balaban J connectivity index is 1.79. The minimum Gasteiger partial charge on any atom is -0.469 e. The molecule has 0 saturated heterocycles. The molecule has 0 aromatic rings. The lowest BCUT2D eigenvalue weighted by atomic mass is 9.50. The number of ether oxygens (including phenoxy) is 2. The van der Waals surface area contributed by atoms with Crippen molar-refractivity contribution in [2.75, 3.05) is 7.11 Å². The summed E-state index contributed by atoms with van der Waals surface area (Å²) < 4.78 is 11.6. The van der Waals surface area contributed by atoms with Crippen LogP contribution in [0.5, 0.6) is 0 Å². The molecule has 0 N–H and O–H groups in total. The summed E-state index contributed by atoms with van der Waals surface area (Å²) in [6, 6.07) is 0. The number of Topliss-reactive ketones (excluding diaryl/α,β-unsaturated/α-hetero) is 1. The van der Waals surface area contributed by atoms with E-state index in [9.17, 15) is 9.59 Å². The fraction of sp³-hybridized carbons (Fsp3) is 0.935. The largest absolute Gasteiger partial charge is 0.469 e. The van der Waals surface area contributed by atoms with Crippen LogP contribution in [0.3, 0.4) is 0 Å². The number of fused-ring (bicyclic) bond motifs is 1. The first kappa shape index (κ1) is 28.7. The van der Waals surface area contributed by atoms with Crippen molar-refractivity contribution in [1.29, 1.82) is 0 Å². The van der Waals surface area contributed by atoms with Crippen molar-refractivity contribution in [2.45, 2.75) is 131 Å². The Hall–Kier alpha value is -0.900. The van der Waals surface area contributed by atoms with Crippen LogP contribution in [-0.2, 0) is 19.1 Å². The summed E-state index contributed by atoms with van der Waals surface area (Å²) in [5.74, 6) is 2.54. The number of methoxy groups -OCH3 is 1. The van der Waals surface area contributed by atoms with Crippen LogP contribution in [0.4, 0.5) is 0 Å². The van der Waals surface area contributed by atoms with Gasteiger partial charge in [0, 0.05) is 11.8 Å². The summed E-state index contributed by atoms with van der Waals surface area (Å²) in [5.41, 5.74) is -0.540. The zero-order valence-electron chi connectivity index (χ0n) is 24.2. The maximum absolute atomic E-state index is 13.7. The zero-order chi connectivity index (χ0) is 26.2. The van der Waals surface area contributed by atoms with Gasteiger partial charge in [0.1, 0.15) is 5.78 Å². The van der Waals surface area contributed by atoms with Crippen LogP contribution in [-0.4, -0.2) is 30.6 Å². The molecular weight excluding hydrogens is 436 g/mol. The van der Waals surface area contributed by atoms with Gasteiger partial charge in [-0.05, 0) is 94.3 Å². The molecule has 3 aliphatic carbocycles. The number of rotatable bonds is 8. The Bertz CT molecular complexity index is 752. The second-order valence-corrected chi connectivity index (χ2v) is 14.2. The van der Waals surface area contributed by atoms with Crippen molar-refractivity contribution >= 4 is 11.8 Å². The highest BCUT2D eigenvalue weighted by atomic mass is 16.5. The molecule has 3 rings (SSSR count). The summed E-state index contributed by atoms with van der Waals surface area (Å²) >= 11 is 0. The minimum absolute atomic E-state index is 0.0106. The van der Waals surface area contributed by atoms with Gasteiger partial charge in [0.15, 0.2) is 0 Å². The second kappa shape index (κ2) is 10.8. The third kappa shape index (κ3) is 5.99. The smallest absolute Gasteiger partial charge is 0.309 e. The molecule has 0 unspecified atom stereocenters. The van der Waals surface area contributed by atoms with Gasteiger partial charge >= 0.3 is 5.97 Å². The first-order valence-corrected chi connectivity index (χ1v) is 14.5. The van der Waals surface area contributed by atoms with Gasteiger partial charge in [-0.25, -0.2) is 0 Å². The number of carbonyl (C=O) groups is 2. The molecule has 0 aliphatic heterocycles. The van der Waals surface area contributed by atoms with E-state index in [-0.39, 0.29) is 40.7 Å². The van der Waals surface area contributed by atoms with Crippen molar-refractivity contribution in [1.82, 2.24) is 0 Å². The van der Waals surface area contributed by atoms with E-state index in [2.05, 4.69) is 55.4 Å². The average Bonchev–Trinajstić information content (AvgIpc) is 3.11. The van der Waals surface area contributed by atoms with Gasteiger partial charge in [-0.3, -0.25) is 9.59 Å². The van der Waals surface area contributed by atoms with E-state index in [1.165, 1.54) is 32.8 Å². The molecule has 35 heavy (non-hydrogen) atoms. The normalized spacial score (nSPS) is 38.9. The Morgan fingerprint density at radius 3 is 2.26 bits per heavy atom. The van der Waals surface area contributed by atoms with Crippen molar-refractivity contribution in [3.8, 4) is 0 Å². The highest BCUT2D eigenvalue weighted by Gasteiger charge is 2.61. The maximum atomic E-state index is 13.7. The van der Waals surface area contributed by atoms with Gasteiger partial charge in [-0.1, -0.05) is 53.9 Å². The van der Waals surface area contributed by atoms with Crippen LogP contribution in [0.1, 0.15) is 120 Å². The third-order valence-corrected chi connectivity index (χ3v) is 10.3. The minimum atomic E-state index is -0.459. The van der Waals surface area contributed by atoms with E-state index in [1.807, 2.05) is 0 Å². The van der Waals surface area contributed by atoms with Crippen LogP contribution in [0.25, 0.3) is 0 Å². The molecule has 3 aliphatic rings. The number of carbonyl (C=O) groups excluding carboxylic acids is 2. The monoisotopic (exact) mass is 490 g/mol. The van der Waals surface area contributed by atoms with Gasteiger partial charge in [0.05, 0.1) is 24.7 Å².